The molecule has 0 unspecified atom stereocenters. The molecule has 0 radical (unpaired) electrons. The number of halogens is 2. The third-order valence-electron chi connectivity index (χ3n) is 2.06. The first kappa shape index (κ1) is 14.2. The van der Waals surface area contributed by atoms with E-state index in [0.717, 1.165) is 11.1 Å². The van der Waals surface area contributed by atoms with Crippen molar-refractivity contribution in [2.45, 2.75) is 32.1 Å². The van der Waals surface area contributed by atoms with E-state index in [2.05, 4.69) is 40.7 Å². The van der Waals surface area contributed by atoms with E-state index in [1.807, 2.05) is 6.20 Å². The highest BCUT2D eigenvalue weighted by Gasteiger charge is 2.13. The summed E-state index contributed by atoms with van der Waals surface area (Å²) in [6.07, 6.45) is 2.58. The van der Waals surface area contributed by atoms with Crippen LogP contribution in [0.25, 0.3) is 0 Å². The zero-order chi connectivity index (χ0) is 12.2. The van der Waals surface area contributed by atoms with Crippen LogP contribution in [0.2, 0.25) is 25.7 Å². The summed E-state index contributed by atoms with van der Waals surface area (Å²) in [6, 6.07) is 1.17. The normalized spacial score (nSPS) is 17.2. The molecule has 0 saturated heterocycles. The minimum absolute atomic E-state index is 0.468. The molecular formula is C10H18BrClN2OSi. The molecule has 0 aromatic rings. The molecule has 0 aliphatic carbocycles. The fraction of sp³-hybridized carbons (Fsp3) is 0.700. The minimum Gasteiger partial charge on any atom is -0.360 e. The topological polar surface area (TPSA) is 24.8 Å². The Morgan fingerprint density at radius 1 is 1.56 bits per heavy atom. The Morgan fingerprint density at radius 2 is 2.25 bits per heavy atom. The van der Waals surface area contributed by atoms with Gasteiger partial charge in [0, 0.05) is 31.8 Å². The van der Waals surface area contributed by atoms with Gasteiger partial charge in [0.15, 0.2) is 0 Å². The van der Waals surface area contributed by atoms with Gasteiger partial charge in [-0.1, -0.05) is 47.2 Å². The maximum absolute atomic E-state index is 5.88. The number of hydrazone groups is 1. The molecule has 0 atom stereocenters. The van der Waals surface area contributed by atoms with Gasteiger partial charge in [0.1, 0.15) is 11.9 Å². The minimum atomic E-state index is -1.00. The average Bonchev–Trinajstić information content (AvgIpc) is 2.09. The van der Waals surface area contributed by atoms with E-state index >= 15 is 0 Å². The number of hydrogen-bond donors (Lipinski definition) is 0. The van der Waals surface area contributed by atoms with Gasteiger partial charge in [-0.3, -0.25) is 0 Å². The van der Waals surface area contributed by atoms with Gasteiger partial charge >= 0.3 is 0 Å². The highest BCUT2D eigenvalue weighted by Crippen LogP contribution is 2.19. The number of allylic oxidation sites excluding steroid dienone is 1. The smallest absolute Gasteiger partial charge is 0.139 e. The highest BCUT2D eigenvalue weighted by molar-refractivity contribution is 9.11. The highest BCUT2D eigenvalue weighted by atomic mass is 79.9. The molecule has 0 aromatic heterocycles. The predicted molar refractivity (Wildman–Crippen MR) is 75.7 cm³/mol. The third-order valence-corrected chi connectivity index (χ3v) is 4.46. The zero-order valence-corrected chi connectivity index (χ0v) is 13.3. The van der Waals surface area contributed by atoms with Gasteiger partial charge in [-0.2, -0.15) is 5.10 Å². The molecule has 1 heterocycles. The summed E-state index contributed by atoms with van der Waals surface area (Å²) in [4.78, 5) is 0. The zero-order valence-electron chi connectivity index (χ0n) is 9.96. The monoisotopic (exact) mass is 324 g/mol. The fourth-order valence-electron chi connectivity index (χ4n) is 1.15. The Kier molecular flexibility index (Phi) is 5.50. The van der Waals surface area contributed by atoms with E-state index in [-0.39, 0.29) is 0 Å². The standard InChI is InChI=1S/C10H18BrClN2OSi/c1-16(2,3)5-4-15-8-14-7-9(11)6-10(12)13-14/h7H,4-6,8H2,1-3H3. The van der Waals surface area contributed by atoms with Gasteiger partial charge in [0.2, 0.25) is 0 Å². The van der Waals surface area contributed by atoms with Crippen LogP contribution >= 0.6 is 27.5 Å². The van der Waals surface area contributed by atoms with E-state index in [1.165, 1.54) is 6.04 Å². The predicted octanol–water partition coefficient (Wildman–Crippen LogP) is 3.79. The van der Waals surface area contributed by atoms with Gasteiger partial charge in [0.25, 0.3) is 0 Å². The van der Waals surface area contributed by atoms with Crippen LogP contribution in [0.1, 0.15) is 6.42 Å². The molecule has 0 amide bonds. The molecule has 92 valence electrons. The van der Waals surface area contributed by atoms with Gasteiger partial charge in [-0.05, 0) is 6.04 Å². The number of hydrogen-bond acceptors (Lipinski definition) is 3. The molecule has 1 rings (SSSR count). The number of nitrogens with zero attached hydrogens (tertiary/aromatic N) is 2. The summed E-state index contributed by atoms with van der Waals surface area (Å²) in [5.74, 6) is 0. The lowest BCUT2D eigenvalue weighted by Crippen LogP contribution is -2.24. The van der Waals surface area contributed by atoms with Gasteiger partial charge < -0.3 is 4.74 Å². The van der Waals surface area contributed by atoms with Crippen LogP contribution in [0, 0.1) is 0 Å². The Balaban J connectivity index is 2.25. The first-order chi connectivity index (χ1) is 7.37. The molecular weight excluding hydrogens is 308 g/mol. The molecule has 0 bridgehead atoms. The molecule has 6 heteroatoms. The summed E-state index contributed by atoms with van der Waals surface area (Å²) >= 11 is 9.30. The first-order valence-electron chi connectivity index (χ1n) is 5.30. The van der Waals surface area contributed by atoms with Gasteiger partial charge in [-0.15, -0.1) is 0 Å². The quantitative estimate of drug-likeness (QED) is 0.567. The van der Waals surface area contributed by atoms with E-state index in [9.17, 15) is 0 Å². The largest absolute Gasteiger partial charge is 0.360 e. The second-order valence-corrected chi connectivity index (χ2v) is 12.1. The second-order valence-electron chi connectivity index (χ2n) is 5.02. The van der Waals surface area contributed by atoms with Crippen molar-refractivity contribution in [2.24, 2.45) is 5.10 Å². The van der Waals surface area contributed by atoms with Crippen molar-refractivity contribution >= 4 is 40.8 Å². The first-order valence-corrected chi connectivity index (χ1v) is 10.2. The van der Waals surface area contributed by atoms with Crippen LogP contribution in [-0.2, 0) is 4.74 Å². The van der Waals surface area contributed by atoms with Crippen LogP contribution in [0.5, 0.6) is 0 Å². The molecule has 0 aromatic carbocycles. The average molecular weight is 326 g/mol. The molecule has 0 fully saturated rings. The van der Waals surface area contributed by atoms with Gasteiger partial charge in [0.05, 0.1) is 0 Å². The summed E-state index contributed by atoms with van der Waals surface area (Å²) in [6.45, 7) is 8.27. The molecule has 1 aliphatic heterocycles. The lowest BCUT2D eigenvalue weighted by Gasteiger charge is -2.21. The van der Waals surface area contributed by atoms with Crippen LogP contribution in [0.3, 0.4) is 0 Å². The molecule has 0 spiro atoms. The molecule has 16 heavy (non-hydrogen) atoms. The van der Waals surface area contributed by atoms with Crippen molar-refractivity contribution in [1.29, 1.82) is 0 Å². The summed E-state index contributed by atoms with van der Waals surface area (Å²) in [5.41, 5.74) is 0. The third kappa shape index (κ3) is 6.03. The molecule has 0 N–H and O–H groups in total. The van der Waals surface area contributed by atoms with Crippen LogP contribution in [0.4, 0.5) is 0 Å². The van der Waals surface area contributed by atoms with E-state index in [4.69, 9.17) is 16.3 Å². The fourth-order valence-corrected chi connectivity index (χ4v) is 2.81. The van der Waals surface area contributed by atoms with Crippen molar-refractivity contribution in [2.75, 3.05) is 13.3 Å². The van der Waals surface area contributed by atoms with Gasteiger partial charge in [-0.25, -0.2) is 5.01 Å². The van der Waals surface area contributed by atoms with Crippen LogP contribution in [0.15, 0.2) is 15.8 Å². The molecule has 0 saturated carbocycles. The van der Waals surface area contributed by atoms with Crippen molar-refractivity contribution in [3.05, 3.63) is 10.7 Å². The Hall–Kier alpha value is 0.157. The lowest BCUT2D eigenvalue weighted by molar-refractivity contribution is 0.0628. The van der Waals surface area contributed by atoms with E-state index in [0.29, 0.717) is 18.3 Å². The summed E-state index contributed by atoms with van der Waals surface area (Å²) in [7, 11) is -1.00. The maximum atomic E-state index is 5.88. The van der Waals surface area contributed by atoms with Crippen molar-refractivity contribution in [3.63, 3.8) is 0 Å². The number of rotatable bonds is 5. The Morgan fingerprint density at radius 3 is 2.81 bits per heavy atom. The SMILES string of the molecule is C[Si](C)(C)CCOCN1C=C(Br)CC(Cl)=N1. The van der Waals surface area contributed by atoms with E-state index in [1.54, 1.807) is 5.01 Å². The second kappa shape index (κ2) is 6.19. The Labute approximate surface area is 112 Å². The van der Waals surface area contributed by atoms with Crippen molar-refractivity contribution < 1.29 is 4.74 Å². The van der Waals surface area contributed by atoms with Crippen molar-refractivity contribution in [3.8, 4) is 0 Å². The van der Waals surface area contributed by atoms with Crippen molar-refractivity contribution in [1.82, 2.24) is 5.01 Å². The molecule has 3 nitrogen and oxygen atoms in total. The molecule has 1 aliphatic rings. The Bertz CT molecular complexity index is 284. The van der Waals surface area contributed by atoms with Crippen LogP contribution in [-0.4, -0.2) is 31.6 Å². The van der Waals surface area contributed by atoms with Crippen LogP contribution < -0.4 is 0 Å². The van der Waals surface area contributed by atoms with E-state index < -0.39 is 8.07 Å². The summed E-state index contributed by atoms with van der Waals surface area (Å²) < 4.78 is 6.60. The number of ether oxygens (including phenoxy) is 1. The maximum Gasteiger partial charge on any atom is 0.139 e. The summed E-state index contributed by atoms with van der Waals surface area (Å²) in [5, 5.41) is 6.47. The lowest BCUT2D eigenvalue weighted by atomic mass is 10.4.